The number of allylic oxidation sites excluding steroid dienone is 5. The van der Waals surface area contributed by atoms with Gasteiger partial charge in [0.05, 0.1) is 12.2 Å². The third kappa shape index (κ3) is 13.2. The summed E-state index contributed by atoms with van der Waals surface area (Å²) in [6.07, 6.45) is 13.3. The Bertz CT molecular complexity index is 948. The van der Waals surface area contributed by atoms with Crippen LogP contribution in [0.3, 0.4) is 0 Å². The fourth-order valence-electron chi connectivity index (χ4n) is 5.64. The zero-order valence-corrected chi connectivity index (χ0v) is 28.9. The van der Waals surface area contributed by atoms with Crippen molar-refractivity contribution in [3.05, 3.63) is 48.6 Å². The van der Waals surface area contributed by atoms with E-state index in [2.05, 4.69) is 45.7 Å². The van der Waals surface area contributed by atoms with Crippen LogP contribution in [-0.2, 0) is 33.0 Å². The van der Waals surface area contributed by atoms with Crippen molar-refractivity contribution in [2.45, 2.75) is 110 Å². The van der Waals surface area contributed by atoms with Crippen LogP contribution in [0.5, 0.6) is 0 Å². The molecular formula is C34H57NO7Si. The molecule has 0 spiro atoms. The number of methoxy groups -OCH3 is 2. The minimum Gasteiger partial charge on any atom is -0.410 e. The Morgan fingerprint density at radius 3 is 2.21 bits per heavy atom. The number of carbonyl (C=O) groups is 3. The average molecular weight is 620 g/mol. The molecule has 9 heteroatoms. The van der Waals surface area contributed by atoms with E-state index in [-0.39, 0.29) is 60.5 Å². The maximum absolute atomic E-state index is 13.1. The highest BCUT2D eigenvalue weighted by Crippen LogP contribution is 2.33. The Morgan fingerprint density at radius 2 is 1.67 bits per heavy atom. The van der Waals surface area contributed by atoms with Crippen LogP contribution in [0.15, 0.2) is 48.6 Å². The van der Waals surface area contributed by atoms with Gasteiger partial charge in [0, 0.05) is 38.9 Å². The second-order valence-electron chi connectivity index (χ2n) is 11.7. The van der Waals surface area contributed by atoms with Gasteiger partial charge in [0.1, 0.15) is 12.9 Å². The monoisotopic (exact) mass is 619 g/mol. The van der Waals surface area contributed by atoms with Crippen molar-refractivity contribution in [3.63, 3.8) is 0 Å². The number of hydrogen-bond donors (Lipinski definition) is 1. The molecule has 2 amide bonds. The summed E-state index contributed by atoms with van der Waals surface area (Å²) in [5.74, 6) is -1.10. The summed E-state index contributed by atoms with van der Waals surface area (Å²) in [6.45, 7) is 16.6. The summed E-state index contributed by atoms with van der Waals surface area (Å²) in [5, 5.41) is 2.32. The Balaban J connectivity index is 3.29. The predicted octanol–water partition coefficient (Wildman–Crippen LogP) is 6.69. The van der Waals surface area contributed by atoms with Gasteiger partial charge in [-0.25, -0.2) is 0 Å². The predicted molar refractivity (Wildman–Crippen MR) is 175 cm³/mol. The molecule has 0 bridgehead atoms. The maximum Gasteiger partial charge on any atom is 0.226 e. The van der Waals surface area contributed by atoms with Crippen molar-refractivity contribution in [2.75, 3.05) is 21.0 Å². The van der Waals surface area contributed by atoms with Crippen LogP contribution < -0.4 is 5.32 Å². The van der Waals surface area contributed by atoms with Gasteiger partial charge < -0.3 is 18.6 Å². The Morgan fingerprint density at radius 1 is 1.05 bits per heavy atom. The SMILES string of the molecule is C=CCC/C=C/[C@H](OC)[C@@H](OCOC)[C@H](C)[C@H](O[Si](CC)(CC)CC)/C(C)=C/[C@H](C)C(=O)/C=C/CC1CC(=O)NC(=O)C1. The van der Waals surface area contributed by atoms with E-state index in [1.165, 1.54) is 0 Å². The number of hydrogen-bond acceptors (Lipinski definition) is 7. The number of carbonyl (C=O) groups excluding carboxylic acids is 3. The molecule has 5 atom stereocenters. The van der Waals surface area contributed by atoms with Gasteiger partial charge in [0.25, 0.3) is 0 Å². The molecule has 0 radical (unpaired) electrons. The lowest BCUT2D eigenvalue weighted by atomic mass is 9.88. The maximum atomic E-state index is 13.1. The van der Waals surface area contributed by atoms with Gasteiger partial charge in [-0.3, -0.25) is 19.7 Å². The van der Waals surface area contributed by atoms with E-state index in [0.717, 1.165) is 36.5 Å². The lowest BCUT2D eigenvalue weighted by molar-refractivity contribution is -0.138. The number of piperidine rings is 1. The highest BCUT2D eigenvalue weighted by molar-refractivity contribution is 6.73. The van der Waals surface area contributed by atoms with Crippen LogP contribution >= 0.6 is 0 Å². The van der Waals surface area contributed by atoms with Crippen molar-refractivity contribution in [2.24, 2.45) is 17.8 Å². The molecule has 0 aliphatic carbocycles. The van der Waals surface area contributed by atoms with E-state index in [4.69, 9.17) is 18.6 Å². The standard InChI is InChI=1S/C34H57NO7Si/c1-10-14-15-16-20-30(40-9)34(41-24-39-8)27(7)33(42-43(11-2,12-3)13-4)26(6)21-25(5)29(36)19-17-18-28-22-31(37)35-32(38)23-28/h10,16-17,19-21,25,27-28,30,33-34H,1,11-15,18,22-24H2,2-9H3,(H,35,37,38)/b19-17+,20-16+,26-21+/t25-,27+,30-,33+,34-/m0/s1. The number of ether oxygens (including phenoxy) is 3. The van der Waals surface area contributed by atoms with Gasteiger partial charge in [-0.2, -0.15) is 0 Å². The number of ketones is 1. The third-order valence-electron chi connectivity index (χ3n) is 8.53. The molecule has 244 valence electrons. The van der Waals surface area contributed by atoms with Crippen LogP contribution in [0, 0.1) is 17.8 Å². The van der Waals surface area contributed by atoms with E-state index >= 15 is 0 Å². The molecular weight excluding hydrogens is 562 g/mol. The van der Waals surface area contributed by atoms with Crippen molar-refractivity contribution in [1.82, 2.24) is 5.32 Å². The molecule has 43 heavy (non-hydrogen) atoms. The topological polar surface area (TPSA) is 100 Å². The summed E-state index contributed by atoms with van der Waals surface area (Å²) in [6, 6.07) is 2.98. The molecule has 0 aromatic heterocycles. The first-order valence-electron chi connectivity index (χ1n) is 15.8. The number of nitrogens with one attached hydrogen (secondary N) is 1. The zero-order valence-electron chi connectivity index (χ0n) is 27.9. The summed E-state index contributed by atoms with van der Waals surface area (Å²) < 4.78 is 24.6. The molecule has 1 rings (SSSR count). The molecule has 0 aromatic carbocycles. The smallest absolute Gasteiger partial charge is 0.226 e. The molecule has 1 heterocycles. The van der Waals surface area contributed by atoms with Gasteiger partial charge in [0.2, 0.25) is 11.8 Å². The van der Waals surface area contributed by atoms with E-state index < -0.39 is 8.32 Å². The number of amides is 2. The lowest BCUT2D eigenvalue weighted by Crippen LogP contribution is -2.48. The van der Waals surface area contributed by atoms with E-state index in [1.54, 1.807) is 26.4 Å². The molecule has 1 aliphatic heterocycles. The molecule has 0 saturated carbocycles. The molecule has 1 saturated heterocycles. The van der Waals surface area contributed by atoms with Crippen LogP contribution in [0.25, 0.3) is 0 Å². The summed E-state index contributed by atoms with van der Waals surface area (Å²) in [5.41, 5.74) is 0.986. The van der Waals surface area contributed by atoms with Gasteiger partial charge in [0.15, 0.2) is 14.1 Å². The van der Waals surface area contributed by atoms with Gasteiger partial charge in [-0.15, -0.1) is 6.58 Å². The molecule has 1 N–H and O–H groups in total. The van der Waals surface area contributed by atoms with Gasteiger partial charge in [-0.1, -0.05) is 65.0 Å². The van der Waals surface area contributed by atoms with Crippen LogP contribution in [0.2, 0.25) is 18.1 Å². The summed E-state index contributed by atoms with van der Waals surface area (Å²) in [4.78, 5) is 36.4. The molecule has 1 fully saturated rings. The number of rotatable bonds is 22. The minimum absolute atomic E-state index is 0.0329. The molecule has 1 aliphatic rings. The first-order valence-corrected chi connectivity index (χ1v) is 18.3. The quantitative estimate of drug-likeness (QED) is 0.0360. The molecule has 0 aromatic rings. The first kappa shape index (κ1) is 38.9. The van der Waals surface area contributed by atoms with E-state index in [1.807, 2.05) is 32.1 Å². The van der Waals surface area contributed by atoms with E-state index in [0.29, 0.717) is 19.3 Å². The third-order valence-corrected chi connectivity index (χ3v) is 13.2. The Kier molecular flexibility index (Phi) is 18.7. The zero-order chi connectivity index (χ0) is 32.4. The average Bonchev–Trinajstić information content (AvgIpc) is 2.98. The number of imide groups is 1. The highest BCUT2D eigenvalue weighted by Gasteiger charge is 2.39. The van der Waals surface area contributed by atoms with Crippen LogP contribution in [-0.4, -0.2) is 65.2 Å². The second-order valence-corrected chi connectivity index (χ2v) is 16.4. The Labute approximate surface area is 261 Å². The fourth-order valence-corrected chi connectivity index (χ4v) is 8.58. The summed E-state index contributed by atoms with van der Waals surface area (Å²) in [7, 11) is 1.24. The van der Waals surface area contributed by atoms with Crippen LogP contribution in [0.4, 0.5) is 0 Å². The largest absolute Gasteiger partial charge is 0.410 e. The van der Waals surface area contributed by atoms with Crippen molar-refractivity contribution in [1.29, 1.82) is 0 Å². The minimum atomic E-state index is -2.05. The lowest BCUT2D eigenvalue weighted by Gasteiger charge is -2.40. The van der Waals surface area contributed by atoms with Crippen LogP contribution in [0.1, 0.15) is 73.6 Å². The molecule has 8 nitrogen and oxygen atoms in total. The number of unbranched alkanes of at least 4 members (excludes halogenated alkanes) is 1. The molecule has 0 unspecified atom stereocenters. The van der Waals surface area contributed by atoms with Gasteiger partial charge in [-0.05, 0) is 61.9 Å². The highest BCUT2D eigenvalue weighted by atomic mass is 28.4. The summed E-state index contributed by atoms with van der Waals surface area (Å²) >= 11 is 0. The van der Waals surface area contributed by atoms with Crippen molar-refractivity contribution < 1.29 is 33.0 Å². The second kappa shape index (κ2) is 20.7. The fraction of sp³-hybridized carbons (Fsp3) is 0.676. The van der Waals surface area contributed by atoms with E-state index in [9.17, 15) is 14.4 Å². The Hall–Kier alpha value is -2.17. The van der Waals surface area contributed by atoms with Crippen molar-refractivity contribution in [3.8, 4) is 0 Å². The van der Waals surface area contributed by atoms with Crippen molar-refractivity contribution >= 4 is 25.9 Å². The van der Waals surface area contributed by atoms with Gasteiger partial charge >= 0.3 is 0 Å². The first-order chi connectivity index (χ1) is 20.5. The normalized spacial score (nSPS) is 18.9.